The van der Waals surface area contributed by atoms with Gasteiger partial charge in [-0.1, -0.05) is 48.0 Å². The normalized spacial score (nSPS) is 12.9. The minimum absolute atomic E-state index is 0.119. The maximum absolute atomic E-state index is 12.9. The fourth-order valence-corrected chi connectivity index (χ4v) is 4.40. The summed E-state index contributed by atoms with van der Waals surface area (Å²) in [6.07, 6.45) is -0.685. The number of carbonyl (C=O) groups is 1. The van der Waals surface area contributed by atoms with E-state index >= 15 is 0 Å². The highest BCUT2D eigenvalue weighted by Gasteiger charge is 2.22. The molecule has 36 heavy (non-hydrogen) atoms. The Morgan fingerprint density at radius 2 is 1.75 bits per heavy atom. The Morgan fingerprint density at radius 1 is 1.03 bits per heavy atom. The van der Waals surface area contributed by atoms with Gasteiger partial charge in [0.1, 0.15) is 18.5 Å². The molecule has 0 aliphatic carbocycles. The van der Waals surface area contributed by atoms with Gasteiger partial charge < -0.3 is 24.5 Å². The van der Waals surface area contributed by atoms with Crippen LogP contribution in [0.3, 0.4) is 0 Å². The predicted octanol–water partition coefficient (Wildman–Crippen LogP) is 5.51. The molecule has 1 heterocycles. The standard InChI is InChI=1S/C30H34N2O4/c1-5-35-30(34)29-22(4)32(24-13-11-20(2)12-14-24)28-16-15-26(17-27(28)29)36-19-25(33)18-31-21(3)23-9-7-6-8-10-23/h6-17,21,25,31,33H,5,18-19H2,1-4H3/t21-,25+/m0/s1. The predicted molar refractivity (Wildman–Crippen MR) is 143 cm³/mol. The van der Waals surface area contributed by atoms with Crippen molar-refractivity contribution in [3.05, 3.63) is 95.2 Å². The third-order valence-corrected chi connectivity index (χ3v) is 6.35. The highest BCUT2D eigenvalue weighted by atomic mass is 16.5. The van der Waals surface area contributed by atoms with Gasteiger partial charge in [0.15, 0.2) is 0 Å². The topological polar surface area (TPSA) is 72.7 Å². The molecule has 2 atom stereocenters. The van der Waals surface area contributed by atoms with Crippen LogP contribution >= 0.6 is 0 Å². The van der Waals surface area contributed by atoms with Crippen LogP contribution in [0.25, 0.3) is 16.6 Å². The molecule has 0 amide bonds. The minimum Gasteiger partial charge on any atom is -0.491 e. The van der Waals surface area contributed by atoms with Crippen molar-refractivity contribution in [3.8, 4) is 11.4 Å². The van der Waals surface area contributed by atoms with Gasteiger partial charge >= 0.3 is 5.97 Å². The van der Waals surface area contributed by atoms with Crippen LogP contribution in [-0.2, 0) is 4.74 Å². The number of esters is 1. The van der Waals surface area contributed by atoms with Crippen molar-refractivity contribution in [2.75, 3.05) is 19.8 Å². The lowest BCUT2D eigenvalue weighted by Gasteiger charge is -2.18. The second-order valence-electron chi connectivity index (χ2n) is 9.04. The zero-order chi connectivity index (χ0) is 25.7. The Hall–Kier alpha value is -3.61. The van der Waals surface area contributed by atoms with E-state index in [1.807, 2.05) is 62.4 Å². The monoisotopic (exact) mass is 486 g/mol. The van der Waals surface area contributed by atoms with Gasteiger partial charge in [-0.3, -0.25) is 0 Å². The molecular formula is C30H34N2O4. The molecule has 0 saturated heterocycles. The number of nitrogens with one attached hydrogen (secondary N) is 1. The summed E-state index contributed by atoms with van der Waals surface area (Å²) in [5.74, 6) is 0.228. The summed E-state index contributed by atoms with van der Waals surface area (Å²) >= 11 is 0. The van der Waals surface area contributed by atoms with Gasteiger partial charge in [0, 0.05) is 29.4 Å². The lowest BCUT2D eigenvalue weighted by atomic mass is 10.1. The number of aliphatic hydroxyl groups is 1. The third-order valence-electron chi connectivity index (χ3n) is 6.35. The van der Waals surface area contributed by atoms with Crippen LogP contribution in [0.1, 0.15) is 47.1 Å². The number of aryl methyl sites for hydroxylation is 1. The first kappa shape index (κ1) is 25.5. The number of aromatic nitrogens is 1. The van der Waals surface area contributed by atoms with Crippen molar-refractivity contribution < 1.29 is 19.4 Å². The van der Waals surface area contributed by atoms with E-state index in [0.717, 1.165) is 27.8 Å². The second kappa shape index (κ2) is 11.4. The summed E-state index contributed by atoms with van der Waals surface area (Å²) in [5.41, 5.74) is 5.53. The van der Waals surface area contributed by atoms with Gasteiger partial charge in [-0.05, 0) is 63.6 Å². The average Bonchev–Trinajstić information content (AvgIpc) is 3.18. The van der Waals surface area contributed by atoms with E-state index in [4.69, 9.17) is 9.47 Å². The van der Waals surface area contributed by atoms with Crippen molar-refractivity contribution in [3.63, 3.8) is 0 Å². The van der Waals surface area contributed by atoms with Gasteiger partial charge in [0.25, 0.3) is 0 Å². The molecule has 4 rings (SSSR count). The number of aliphatic hydroxyl groups excluding tert-OH is 1. The molecule has 0 saturated carbocycles. The minimum atomic E-state index is -0.685. The number of hydrogen-bond donors (Lipinski definition) is 2. The van der Waals surface area contributed by atoms with Crippen molar-refractivity contribution >= 4 is 16.9 Å². The van der Waals surface area contributed by atoms with E-state index in [0.29, 0.717) is 24.5 Å². The SMILES string of the molecule is CCOC(=O)c1c(C)n(-c2ccc(C)cc2)c2ccc(OC[C@H](O)CN[C@@H](C)c3ccccc3)cc12. The first-order valence-electron chi connectivity index (χ1n) is 12.4. The van der Waals surface area contributed by atoms with Gasteiger partial charge in [0.05, 0.1) is 17.7 Å². The Bertz CT molecular complexity index is 1310. The summed E-state index contributed by atoms with van der Waals surface area (Å²) in [6.45, 7) is 8.66. The number of ether oxygens (including phenoxy) is 2. The number of rotatable bonds is 10. The van der Waals surface area contributed by atoms with Gasteiger partial charge in [-0.25, -0.2) is 4.79 Å². The molecule has 0 unspecified atom stereocenters. The third kappa shape index (κ3) is 5.61. The molecule has 2 N–H and O–H groups in total. The zero-order valence-corrected chi connectivity index (χ0v) is 21.3. The van der Waals surface area contributed by atoms with Gasteiger partial charge in [-0.15, -0.1) is 0 Å². The van der Waals surface area contributed by atoms with E-state index < -0.39 is 6.10 Å². The molecule has 0 aliphatic rings. The molecule has 0 aliphatic heterocycles. The molecule has 6 nitrogen and oxygen atoms in total. The lowest BCUT2D eigenvalue weighted by Crippen LogP contribution is -2.33. The largest absolute Gasteiger partial charge is 0.491 e. The van der Waals surface area contributed by atoms with Crippen molar-refractivity contribution in [2.24, 2.45) is 0 Å². The van der Waals surface area contributed by atoms with Crippen LogP contribution in [0.5, 0.6) is 5.75 Å². The van der Waals surface area contributed by atoms with Crippen LogP contribution in [0.15, 0.2) is 72.8 Å². The second-order valence-corrected chi connectivity index (χ2v) is 9.04. The van der Waals surface area contributed by atoms with Crippen LogP contribution in [0, 0.1) is 13.8 Å². The quantitative estimate of drug-likeness (QED) is 0.289. The van der Waals surface area contributed by atoms with Crippen LogP contribution in [0.2, 0.25) is 0 Å². The first-order chi connectivity index (χ1) is 17.4. The molecule has 0 fully saturated rings. The van der Waals surface area contributed by atoms with Crippen LogP contribution in [-0.4, -0.2) is 41.5 Å². The Morgan fingerprint density at radius 3 is 2.44 bits per heavy atom. The fourth-order valence-electron chi connectivity index (χ4n) is 4.40. The number of nitrogens with zero attached hydrogens (tertiary/aromatic N) is 1. The van der Waals surface area contributed by atoms with Gasteiger partial charge in [0.2, 0.25) is 0 Å². The smallest absolute Gasteiger partial charge is 0.340 e. The number of benzene rings is 3. The zero-order valence-electron chi connectivity index (χ0n) is 21.3. The molecular weight excluding hydrogens is 452 g/mol. The van der Waals surface area contributed by atoms with Crippen molar-refractivity contribution in [1.29, 1.82) is 0 Å². The maximum atomic E-state index is 12.9. The molecule has 0 spiro atoms. The summed E-state index contributed by atoms with van der Waals surface area (Å²) in [4.78, 5) is 12.9. The van der Waals surface area contributed by atoms with E-state index in [2.05, 4.69) is 41.1 Å². The molecule has 1 aromatic heterocycles. The molecule has 0 radical (unpaired) electrons. The Balaban J connectivity index is 1.53. The summed E-state index contributed by atoms with van der Waals surface area (Å²) in [7, 11) is 0. The highest BCUT2D eigenvalue weighted by molar-refractivity contribution is 6.07. The number of carbonyl (C=O) groups excluding carboxylic acids is 1. The molecule has 4 aromatic rings. The number of fused-ring (bicyclic) bond motifs is 1. The van der Waals surface area contributed by atoms with E-state index in [1.54, 1.807) is 6.92 Å². The maximum Gasteiger partial charge on any atom is 0.340 e. The summed E-state index contributed by atoms with van der Waals surface area (Å²) in [5, 5.41) is 14.6. The molecule has 3 aromatic carbocycles. The fraction of sp³-hybridized carbons (Fsp3) is 0.300. The van der Waals surface area contributed by atoms with E-state index in [-0.39, 0.29) is 18.6 Å². The van der Waals surface area contributed by atoms with Gasteiger partial charge in [-0.2, -0.15) is 0 Å². The van der Waals surface area contributed by atoms with Crippen LogP contribution < -0.4 is 10.1 Å². The number of hydrogen-bond acceptors (Lipinski definition) is 5. The Kier molecular flexibility index (Phi) is 8.08. The Labute approximate surface area is 212 Å². The van der Waals surface area contributed by atoms with Crippen LogP contribution in [0.4, 0.5) is 0 Å². The van der Waals surface area contributed by atoms with E-state index in [9.17, 15) is 9.90 Å². The highest BCUT2D eigenvalue weighted by Crippen LogP contribution is 2.32. The van der Waals surface area contributed by atoms with E-state index in [1.165, 1.54) is 5.56 Å². The molecule has 188 valence electrons. The lowest BCUT2D eigenvalue weighted by molar-refractivity contribution is 0.0527. The first-order valence-corrected chi connectivity index (χ1v) is 12.4. The summed E-state index contributed by atoms with van der Waals surface area (Å²) < 4.78 is 13.4. The van der Waals surface area contributed by atoms with Crippen molar-refractivity contribution in [1.82, 2.24) is 9.88 Å². The van der Waals surface area contributed by atoms with Crippen molar-refractivity contribution in [2.45, 2.75) is 39.8 Å². The molecule has 0 bridgehead atoms. The molecule has 6 heteroatoms. The average molecular weight is 487 g/mol. The summed E-state index contributed by atoms with van der Waals surface area (Å²) in [6, 6.07) is 24.1.